The van der Waals surface area contributed by atoms with Crippen LogP contribution in [0, 0.1) is 0 Å². The summed E-state index contributed by atoms with van der Waals surface area (Å²) in [7, 11) is 0. The Hall–Kier alpha value is -2.12. The molecule has 0 saturated carbocycles. The van der Waals surface area contributed by atoms with Gasteiger partial charge in [0.15, 0.2) is 0 Å². The van der Waals surface area contributed by atoms with Crippen molar-refractivity contribution < 1.29 is 14.3 Å². The summed E-state index contributed by atoms with van der Waals surface area (Å²) >= 11 is 0. The summed E-state index contributed by atoms with van der Waals surface area (Å²) in [6.45, 7) is 5.72. The summed E-state index contributed by atoms with van der Waals surface area (Å²) < 4.78 is 5.82. The van der Waals surface area contributed by atoms with Gasteiger partial charge in [-0.25, -0.2) is 5.84 Å². The third kappa shape index (κ3) is 4.67. The highest BCUT2D eigenvalue weighted by molar-refractivity contribution is 5.88. The van der Waals surface area contributed by atoms with Crippen molar-refractivity contribution in [2.75, 3.05) is 13.1 Å². The van der Waals surface area contributed by atoms with Crippen molar-refractivity contribution >= 4 is 11.8 Å². The van der Waals surface area contributed by atoms with Crippen LogP contribution >= 0.6 is 0 Å². The highest BCUT2D eigenvalue weighted by Crippen LogP contribution is 2.23. The summed E-state index contributed by atoms with van der Waals surface area (Å²) in [5.74, 6) is 5.43. The Balaban J connectivity index is 2.16. The molecule has 1 aliphatic heterocycles. The van der Waals surface area contributed by atoms with E-state index in [9.17, 15) is 9.59 Å². The molecule has 1 heterocycles. The van der Waals surface area contributed by atoms with Crippen LogP contribution in [0.2, 0.25) is 0 Å². The molecule has 0 aliphatic carbocycles. The van der Waals surface area contributed by atoms with E-state index in [2.05, 4.69) is 10.7 Å². The lowest BCUT2D eigenvalue weighted by Crippen LogP contribution is -2.56. The third-order valence-electron chi connectivity index (χ3n) is 3.69. The van der Waals surface area contributed by atoms with Crippen molar-refractivity contribution in [2.45, 2.75) is 39.0 Å². The normalized spacial score (nSPS) is 18.6. The van der Waals surface area contributed by atoms with Gasteiger partial charge in [0.05, 0.1) is 18.6 Å². The minimum atomic E-state index is -0.528. The minimum Gasteiger partial charge on any atom is -0.491 e. The van der Waals surface area contributed by atoms with Crippen LogP contribution in [0.15, 0.2) is 24.3 Å². The Bertz CT molecular complexity index is 562. The number of ether oxygens (including phenoxy) is 1. The van der Waals surface area contributed by atoms with Crippen molar-refractivity contribution in [1.82, 2.24) is 15.6 Å². The topological polar surface area (TPSA) is 96.7 Å². The van der Waals surface area contributed by atoms with Crippen molar-refractivity contribution in [3.8, 4) is 5.75 Å². The molecule has 1 fully saturated rings. The van der Waals surface area contributed by atoms with Crippen molar-refractivity contribution in [2.24, 2.45) is 5.84 Å². The van der Waals surface area contributed by atoms with Gasteiger partial charge in [-0.2, -0.15) is 0 Å². The molecule has 1 aliphatic rings. The molecule has 0 bridgehead atoms. The first-order chi connectivity index (χ1) is 11.0. The lowest BCUT2D eigenvalue weighted by Gasteiger charge is -2.35. The molecule has 0 aromatic heterocycles. The standard InChI is InChI=1S/C16H24N4O3/c1-11(2)23-14-6-4-3-5-12(14)10-20-8-7-18-16(22)13(20)9-15(21)19-17/h3-6,11,13H,7-10,17H2,1-2H3,(H,18,22)(H,19,21). The van der Waals surface area contributed by atoms with Crippen LogP contribution in [0.3, 0.4) is 0 Å². The van der Waals surface area contributed by atoms with E-state index < -0.39 is 6.04 Å². The molecule has 0 radical (unpaired) electrons. The molecular formula is C16H24N4O3. The van der Waals surface area contributed by atoms with Crippen LogP contribution in [-0.4, -0.2) is 41.9 Å². The second-order valence-corrected chi connectivity index (χ2v) is 5.82. The Morgan fingerprint density at radius 3 is 2.91 bits per heavy atom. The van der Waals surface area contributed by atoms with Gasteiger partial charge in [-0.05, 0) is 19.9 Å². The van der Waals surface area contributed by atoms with Crippen LogP contribution in [0.5, 0.6) is 5.75 Å². The maximum atomic E-state index is 12.1. The lowest BCUT2D eigenvalue weighted by molar-refractivity contribution is -0.134. The predicted molar refractivity (Wildman–Crippen MR) is 86.4 cm³/mol. The van der Waals surface area contributed by atoms with E-state index in [0.717, 1.165) is 11.3 Å². The molecule has 23 heavy (non-hydrogen) atoms. The van der Waals surface area contributed by atoms with E-state index in [-0.39, 0.29) is 24.3 Å². The van der Waals surface area contributed by atoms with Gasteiger partial charge in [0.2, 0.25) is 11.8 Å². The molecule has 1 aromatic carbocycles. The molecule has 2 rings (SSSR count). The molecule has 0 spiro atoms. The number of nitrogens with two attached hydrogens (primary N) is 1. The lowest BCUT2D eigenvalue weighted by atomic mass is 10.1. The summed E-state index contributed by atoms with van der Waals surface area (Å²) in [5, 5.41) is 2.79. The molecule has 7 nitrogen and oxygen atoms in total. The van der Waals surface area contributed by atoms with Crippen LogP contribution in [0.1, 0.15) is 25.8 Å². The fourth-order valence-electron chi connectivity index (χ4n) is 2.63. The number of nitrogens with zero attached hydrogens (tertiary/aromatic N) is 1. The molecule has 1 atom stereocenters. The molecule has 1 saturated heterocycles. The molecule has 1 aromatic rings. The number of piperazine rings is 1. The van der Waals surface area contributed by atoms with Gasteiger partial charge in [-0.1, -0.05) is 18.2 Å². The van der Waals surface area contributed by atoms with Crippen LogP contribution in [-0.2, 0) is 16.1 Å². The first-order valence-electron chi connectivity index (χ1n) is 7.77. The van der Waals surface area contributed by atoms with Crippen molar-refractivity contribution in [1.29, 1.82) is 0 Å². The Morgan fingerprint density at radius 2 is 2.22 bits per heavy atom. The van der Waals surface area contributed by atoms with E-state index in [0.29, 0.717) is 19.6 Å². The molecule has 2 amide bonds. The van der Waals surface area contributed by atoms with Gasteiger partial charge in [0.1, 0.15) is 5.75 Å². The Morgan fingerprint density at radius 1 is 1.48 bits per heavy atom. The SMILES string of the molecule is CC(C)Oc1ccccc1CN1CCNC(=O)C1CC(=O)NN. The average molecular weight is 320 g/mol. The number of carbonyl (C=O) groups is 2. The largest absolute Gasteiger partial charge is 0.491 e. The highest BCUT2D eigenvalue weighted by Gasteiger charge is 2.31. The Labute approximate surface area is 136 Å². The van der Waals surface area contributed by atoms with Crippen LogP contribution in [0.25, 0.3) is 0 Å². The van der Waals surface area contributed by atoms with Gasteiger partial charge in [0.25, 0.3) is 0 Å². The number of hydrogen-bond acceptors (Lipinski definition) is 5. The fourth-order valence-corrected chi connectivity index (χ4v) is 2.63. The molecule has 4 N–H and O–H groups in total. The minimum absolute atomic E-state index is 0.0372. The quantitative estimate of drug-likeness (QED) is 0.394. The van der Waals surface area contributed by atoms with E-state index in [4.69, 9.17) is 10.6 Å². The third-order valence-corrected chi connectivity index (χ3v) is 3.69. The first-order valence-corrected chi connectivity index (χ1v) is 7.77. The predicted octanol–water partition coefficient (Wildman–Crippen LogP) is 0.154. The molecule has 1 unspecified atom stereocenters. The van der Waals surface area contributed by atoms with Crippen LogP contribution in [0.4, 0.5) is 0 Å². The second-order valence-electron chi connectivity index (χ2n) is 5.82. The van der Waals surface area contributed by atoms with Crippen LogP contribution < -0.4 is 21.3 Å². The number of benzene rings is 1. The maximum absolute atomic E-state index is 12.1. The number of hydrogen-bond donors (Lipinski definition) is 3. The molecule has 126 valence electrons. The maximum Gasteiger partial charge on any atom is 0.237 e. The summed E-state index contributed by atoms with van der Waals surface area (Å²) in [4.78, 5) is 25.7. The Kier molecular flexibility index (Phi) is 5.95. The smallest absolute Gasteiger partial charge is 0.237 e. The van der Waals surface area contributed by atoms with Gasteiger partial charge < -0.3 is 10.1 Å². The molecule has 7 heteroatoms. The zero-order valence-electron chi connectivity index (χ0n) is 13.5. The fraction of sp³-hybridized carbons (Fsp3) is 0.500. The average Bonchev–Trinajstić information content (AvgIpc) is 2.52. The number of rotatable bonds is 6. The number of carbonyl (C=O) groups excluding carboxylic acids is 2. The number of nitrogens with one attached hydrogen (secondary N) is 2. The van der Waals surface area contributed by atoms with E-state index >= 15 is 0 Å². The zero-order chi connectivity index (χ0) is 16.8. The highest BCUT2D eigenvalue weighted by atomic mass is 16.5. The van der Waals surface area contributed by atoms with E-state index in [1.807, 2.05) is 43.0 Å². The van der Waals surface area contributed by atoms with Gasteiger partial charge in [-0.15, -0.1) is 0 Å². The van der Waals surface area contributed by atoms with Gasteiger partial charge in [0, 0.05) is 25.2 Å². The van der Waals surface area contributed by atoms with E-state index in [1.54, 1.807) is 0 Å². The number of para-hydroxylation sites is 1. The number of hydrazine groups is 1. The second kappa shape index (κ2) is 7.94. The summed E-state index contributed by atoms with van der Waals surface area (Å²) in [6.07, 6.45) is 0.106. The monoisotopic (exact) mass is 320 g/mol. The summed E-state index contributed by atoms with van der Waals surface area (Å²) in [6, 6.07) is 7.22. The zero-order valence-corrected chi connectivity index (χ0v) is 13.5. The van der Waals surface area contributed by atoms with Gasteiger partial charge in [-0.3, -0.25) is 19.9 Å². The van der Waals surface area contributed by atoms with Crippen molar-refractivity contribution in [3.05, 3.63) is 29.8 Å². The van der Waals surface area contributed by atoms with Crippen molar-refractivity contribution in [3.63, 3.8) is 0 Å². The van der Waals surface area contributed by atoms with Gasteiger partial charge >= 0.3 is 0 Å². The first kappa shape index (κ1) is 17.2. The van der Waals surface area contributed by atoms with E-state index in [1.165, 1.54) is 0 Å². The summed E-state index contributed by atoms with van der Waals surface area (Å²) in [5.41, 5.74) is 3.08. The number of amides is 2. The molecular weight excluding hydrogens is 296 g/mol.